The Labute approximate surface area is 118 Å². The normalized spacial score (nSPS) is 27.4. The van der Waals surface area contributed by atoms with E-state index in [1.54, 1.807) is 18.4 Å². The maximum atomic E-state index is 10.0. The minimum Gasteiger partial charge on any atom is -0.387 e. The van der Waals surface area contributed by atoms with Crippen LogP contribution in [0.1, 0.15) is 42.4 Å². The topological polar surface area (TPSA) is 45.6 Å². The Balaban J connectivity index is 1.75. The molecule has 19 heavy (non-hydrogen) atoms. The monoisotopic (exact) mass is 282 g/mol. The summed E-state index contributed by atoms with van der Waals surface area (Å²) < 4.78 is 5.28. The van der Waals surface area contributed by atoms with Crippen LogP contribution < -0.4 is 4.90 Å². The highest BCUT2D eigenvalue weighted by Gasteiger charge is 2.27. The zero-order chi connectivity index (χ0) is 13.2. The SMILES string of the molecule is COCC1CCCN(c2nc3c(s2)CCCC3O)C1. The van der Waals surface area contributed by atoms with Gasteiger partial charge in [0.1, 0.15) is 0 Å². The first-order valence-electron chi connectivity index (χ1n) is 7.19. The number of methoxy groups -OCH3 is 1. The number of anilines is 1. The maximum Gasteiger partial charge on any atom is 0.185 e. The molecule has 1 aliphatic heterocycles. The third-order valence-corrected chi connectivity index (χ3v) is 5.30. The third kappa shape index (κ3) is 2.78. The standard InChI is InChI=1S/C14H22N2O2S/c1-18-9-10-4-3-7-16(8-10)14-15-13-11(17)5-2-6-12(13)19-14/h10-11,17H,2-9H2,1H3. The first-order chi connectivity index (χ1) is 9.28. The first kappa shape index (κ1) is 13.3. The number of ether oxygens (including phenoxy) is 1. The van der Waals surface area contributed by atoms with Gasteiger partial charge < -0.3 is 14.7 Å². The molecule has 1 aromatic heterocycles. The van der Waals surface area contributed by atoms with E-state index < -0.39 is 0 Å². The molecule has 0 spiro atoms. The zero-order valence-electron chi connectivity index (χ0n) is 11.5. The Morgan fingerprint density at radius 3 is 3.11 bits per heavy atom. The molecule has 4 nitrogen and oxygen atoms in total. The summed E-state index contributed by atoms with van der Waals surface area (Å²) in [7, 11) is 1.78. The summed E-state index contributed by atoms with van der Waals surface area (Å²) >= 11 is 1.78. The van der Waals surface area contributed by atoms with Gasteiger partial charge in [-0.05, 0) is 38.0 Å². The summed E-state index contributed by atoms with van der Waals surface area (Å²) in [5.74, 6) is 0.615. The fourth-order valence-electron chi connectivity index (χ4n) is 3.13. The number of aromatic nitrogens is 1. The van der Waals surface area contributed by atoms with Crippen LogP contribution in [0.2, 0.25) is 0 Å². The van der Waals surface area contributed by atoms with E-state index in [9.17, 15) is 5.11 Å². The number of hydrogen-bond donors (Lipinski definition) is 1. The number of aliphatic hydroxyl groups is 1. The van der Waals surface area contributed by atoms with Crippen molar-refractivity contribution in [3.63, 3.8) is 0 Å². The van der Waals surface area contributed by atoms with Crippen molar-refractivity contribution in [2.24, 2.45) is 5.92 Å². The van der Waals surface area contributed by atoms with E-state index >= 15 is 0 Å². The second-order valence-electron chi connectivity index (χ2n) is 5.62. The smallest absolute Gasteiger partial charge is 0.185 e. The molecule has 5 heteroatoms. The van der Waals surface area contributed by atoms with E-state index in [1.165, 1.54) is 17.7 Å². The molecule has 2 aliphatic rings. The molecule has 0 bridgehead atoms. The molecule has 0 saturated carbocycles. The summed E-state index contributed by atoms with van der Waals surface area (Å²) in [6.07, 6.45) is 5.15. The highest BCUT2D eigenvalue weighted by Crippen LogP contribution is 2.37. The molecular formula is C14H22N2O2S. The molecule has 1 aromatic rings. The molecule has 0 aromatic carbocycles. The van der Waals surface area contributed by atoms with Crippen molar-refractivity contribution in [3.8, 4) is 0 Å². The minimum atomic E-state index is -0.340. The van der Waals surface area contributed by atoms with E-state index in [2.05, 4.69) is 4.90 Å². The van der Waals surface area contributed by atoms with E-state index in [0.29, 0.717) is 5.92 Å². The molecule has 2 atom stereocenters. The molecule has 3 rings (SSSR count). The van der Waals surface area contributed by atoms with Gasteiger partial charge in [-0.2, -0.15) is 0 Å². The quantitative estimate of drug-likeness (QED) is 0.924. The van der Waals surface area contributed by atoms with Gasteiger partial charge in [0.15, 0.2) is 5.13 Å². The Morgan fingerprint density at radius 1 is 1.42 bits per heavy atom. The fourth-order valence-corrected chi connectivity index (χ4v) is 4.32. The molecule has 0 amide bonds. The second-order valence-corrected chi connectivity index (χ2v) is 6.68. The number of rotatable bonds is 3. The fraction of sp³-hybridized carbons (Fsp3) is 0.786. The third-order valence-electron chi connectivity index (χ3n) is 4.11. The van der Waals surface area contributed by atoms with E-state index in [0.717, 1.165) is 49.8 Å². The van der Waals surface area contributed by atoms with Crippen molar-refractivity contribution >= 4 is 16.5 Å². The van der Waals surface area contributed by atoms with Gasteiger partial charge in [0.25, 0.3) is 0 Å². The van der Waals surface area contributed by atoms with Gasteiger partial charge in [-0.25, -0.2) is 4.98 Å². The summed E-state index contributed by atoms with van der Waals surface area (Å²) in [5, 5.41) is 11.1. The molecule has 2 unspecified atom stereocenters. The predicted molar refractivity (Wildman–Crippen MR) is 76.8 cm³/mol. The second kappa shape index (κ2) is 5.77. The van der Waals surface area contributed by atoms with Gasteiger partial charge in [-0.3, -0.25) is 0 Å². The first-order valence-corrected chi connectivity index (χ1v) is 8.01. The number of nitrogens with zero attached hydrogens (tertiary/aromatic N) is 2. The molecule has 1 N–H and O–H groups in total. The van der Waals surface area contributed by atoms with Crippen molar-refractivity contribution in [1.29, 1.82) is 0 Å². The zero-order valence-corrected chi connectivity index (χ0v) is 12.3. The minimum absolute atomic E-state index is 0.340. The van der Waals surface area contributed by atoms with Gasteiger partial charge in [0, 0.05) is 25.1 Å². The lowest BCUT2D eigenvalue weighted by Crippen LogP contribution is -2.37. The lowest BCUT2D eigenvalue weighted by molar-refractivity contribution is 0.143. The average Bonchev–Trinajstić information content (AvgIpc) is 2.85. The molecule has 0 radical (unpaired) electrons. The highest BCUT2D eigenvalue weighted by molar-refractivity contribution is 7.15. The molecule has 2 heterocycles. The predicted octanol–water partition coefficient (Wildman–Crippen LogP) is 2.38. The number of aryl methyl sites for hydroxylation is 1. The van der Waals surface area contributed by atoms with Gasteiger partial charge >= 0.3 is 0 Å². The Kier molecular flexibility index (Phi) is 4.05. The lowest BCUT2D eigenvalue weighted by atomic mass is 9.99. The van der Waals surface area contributed by atoms with Crippen LogP contribution in [0.4, 0.5) is 5.13 Å². The summed E-state index contributed by atoms with van der Waals surface area (Å²) in [6.45, 7) is 2.96. The number of fused-ring (bicyclic) bond motifs is 1. The van der Waals surface area contributed by atoms with Crippen LogP contribution in [-0.4, -0.2) is 36.9 Å². The molecule has 1 fully saturated rings. The Bertz CT molecular complexity index is 433. The van der Waals surface area contributed by atoms with Crippen molar-refractivity contribution in [1.82, 2.24) is 4.98 Å². The van der Waals surface area contributed by atoms with Crippen LogP contribution in [-0.2, 0) is 11.2 Å². The van der Waals surface area contributed by atoms with Crippen molar-refractivity contribution < 1.29 is 9.84 Å². The molecule has 1 aliphatic carbocycles. The Morgan fingerprint density at radius 2 is 2.32 bits per heavy atom. The summed E-state index contributed by atoms with van der Waals surface area (Å²) in [4.78, 5) is 8.38. The van der Waals surface area contributed by atoms with Crippen LogP contribution in [0.5, 0.6) is 0 Å². The van der Waals surface area contributed by atoms with Gasteiger partial charge in [0.2, 0.25) is 0 Å². The lowest BCUT2D eigenvalue weighted by Gasteiger charge is -2.32. The molecule has 1 saturated heterocycles. The van der Waals surface area contributed by atoms with Crippen molar-refractivity contribution in [2.45, 2.75) is 38.2 Å². The Hall–Kier alpha value is -0.650. The molecule has 106 valence electrons. The number of aliphatic hydroxyl groups excluding tert-OH is 1. The number of hydrogen-bond acceptors (Lipinski definition) is 5. The van der Waals surface area contributed by atoms with Crippen LogP contribution in [0, 0.1) is 5.92 Å². The van der Waals surface area contributed by atoms with E-state index in [1.807, 2.05) is 0 Å². The van der Waals surface area contributed by atoms with E-state index in [-0.39, 0.29) is 6.10 Å². The van der Waals surface area contributed by atoms with Crippen LogP contribution in [0.25, 0.3) is 0 Å². The average molecular weight is 282 g/mol. The van der Waals surface area contributed by atoms with Crippen molar-refractivity contribution in [2.75, 3.05) is 31.7 Å². The van der Waals surface area contributed by atoms with E-state index in [4.69, 9.17) is 9.72 Å². The van der Waals surface area contributed by atoms with Gasteiger partial charge in [0.05, 0.1) is 18.4 Å². The van der Waals surface area contributed by atoms with Crippen molar-refractivity contribution in [3.05, 3.63) is 10.6 Å². The van der Waals surface area contributed by atoms with Gasteiger partial charge in [-0.15, -0.1) is 11.3 Å². The number of thiazole rings is 1. The largest absolute Gasteiger partial charge is 0.387 e. The van der Waals surface area contributed by atoms with Crippen LogP contribution in [0.15, 0.2) is 0 Å². The number of piperidine rings is 1. The van der Waals surface area contributed by atoms with Crippen LogP contribution in [0.3, 0.4) is 0 Å². The summed E-state index contributed by atoms with van der Waals surface area (Å²) in [5.41, 5.74) is 0.945. The maximum absolute atomic E-state index is 10.0. The van der Waals surface area contributed by atoms with Gasteiger partial charge in [-0.1, -0.05) is 0 Å². The highest BCUT2D eigenvalue weighted by atomic mass is 32.1. The van der Waals surface area contributed by atoms with Crippen LogP contribution >= 0.6 is 11.3 Å². The molecular weight excluding hydrogens is 260 g/mol. The summed E-state index contributed by atoms with van der Waals surface area (Å²) in [6, 6.07) is 0.